The minimum absolute atomic E-state index is 0.191. The fraction of sp³-hybridized carbons (Fsp3) is 0.297. The smallest absolute Gasteiger partial charge is 0.410 e. The molecule has 0 saturated carbocycles. The lowest BCUT2D eigenvalue weighted by atomic mass is 10.0. The average molecular weight is 654 g/mol. The average Bonchev–Trinajstić information content (AvgIpc) is 3.04. The van der Waals surface area contributed by atoms with Crippen LogP contribution in [0.15, 0.2) is 85.2 Å². The Labute approximate surface area is 279 Å². The van der Waals surface area contributed by atoms with Gasteiger partial charge in [0, 0.05) is 65.3 Å². The number of aromatic carboxylic acids is 1. The van der Waals surface area contributed by atoms with Crippen LogP contribution in [0.25, 0.3) is 32.8 Å². The predicted octanol–water partition coefficient (Wildman–Crippen LogP) is 8.02. The molecular weight excluding hydrogens is 614 g/mol. The SMILES string of the molecule is CC(C)(C)OC(=O)N(CCCCNCCNc1nc2cc(C(=O)O)ccc2c2cnccc12)Cc1ccc(-c2ccccc2)c(Cl)c1. The van der Waals surface area contributed by atoms with Crippen LogP contribution in [0.2, 0.25) is 5.02 Å². The van der Waals surface area contributed by atoms with E-state index in [1.807, 2.05) is 75.4 Å². The number of carboxylic acid groups (broad SMARTS) is 1. The molecule has 1 amide bonds. The molecule has 0 unspecified atom stereocenters. The normalized spacial score (nSPS) is 11.5. The number of aromatic nitrogens is 2. The van der Waals surface area contributed by atoms with Crippen molar-refractivity contribution in [2.45, 2.75) is 45.8 Å². The second-order valence-electron chi connectivity index (χ2n) is 12.4. The van der Waals surface area contributed by atoms with Crippen molar-refractivity contribution in [3.8, 4) is 11.1 Å². The van der Waals surface area contributed by atoms with E-state index < -0.39 is 11.6 Å². The van der Waals surface area contributed by atoms with E-state index in [-0.39, 0.29) is 11.7 Å². The number of carboxylic acids is 1. The molecule has 3 N–H and O–H groups in total. The number of carbonyl (C=O) groups excluding carboxylic acids is 1. The fourth-order valence-electron chi connectivity index (χ4n) is 5.35. The third-order valence-corrected chi connectivity index (χ3v) is 7.93. The van der Waals surface area contributed by atoms with E-state index in [0.29, 0.717) is 42.5 Å². The van der Waals surface area contributed by atoms with Crippen molar-refractivity contribution in [3.05, 3.63) is 101 Å². The fourth-order valence-corrected chi connectivity index (χ4v) is 5.67. The molecule has 10 heteroatoms. The first kappa shape index (κ1) is 33.6. The molecule has 9 nitrogen and oxygen atoms in total. The highest BCUT2D eigenvalue weighted by molar-refractivity contribution is 6.33. The third kappa shape index (κ3) is 8.96. The van der Waals surface area contributed by atoms with E-state index in [2.05, 4.69) is 15.6 Å². The van der Waals surface area contributed by atoms with Gasteiger partial charge in [0.25, 0.3) is 0 Å². The van der Waals surface area contributed by atoms with Gasteiger partial charge in [-0.15, -0.1) is 0 Å². The summed E-state index contributed by atoms with van der Waals surface area (Å²) in [6.07, 6.45) is 4.82. The molecule has 0 saturated heterocycles. The highest BCUT2D eigenvalue weighted by atomic mass is 35.5. The number of unbranched alkanes of at least 4 members (excludes halogenated alkanes) is 1. The Hall–Kier alpha value is -4.73. The summed E-state index contributed by atoms with van der Waals surface area (Å²) in [6.45, 7) is 8.65. The van der Waals surface area contributed by atoms with Crippen molar-refractivity contribution in [3.63, 3.8) is 0 Å². The Balaban J connectivity index is 1.13. The van der Waals surface area contributed by atoms with Crippen molar-refractivity contribution in [2.75, 3.05) is 31.5 Å². The number of amides is 1. The maximum atomic E-state index is 13.1. The van der Waals surface area contributed by atoms with Crippen LogP contribution < -0.4 is 10.6 Å². The minimum Gasteiger partial charge on any atom is -0.478 e. The predicted molar refractivity (Wildman–Crippen MR) is 188 cm³/mol. The van der Waals surface area contributed by atoms with Crippen LogP contribution in [0.3, 0.4) is 0 Å². The lowest BCUT2D eigenvalue weighted by Crippen LogP contribution is -2.37. The van der Waals surface area contributed by atoms with Gasteiger partial charge in [-0.25, -0.2) is 14.6 Å². The number of hydrogen-bond donors (Lipinski definition) is 3. The molecule has 0 spiro atoms. The number of nitrogens with one attached hydrogen (secondary N) is 2. The van der Waals surface area contributed by atoms with E-state index in [1.54, 1.807) is 35.5 Å². The molecule has 0 aliphatic carbocycles. The molecule has 0 bridgehead atoms. The van der Waals surface area contributed by atoms with Crippen LogP contribution in [-0.4, -0.2) is 63.8 Å². The number of ether oxygens (including phenoxy) is 1. The molecule has 0 fully saturated rings. The van der Waals surface area contributed by atoms with Crippen LogP contribution in [-0.2, 0) is 11.3 Å². The van der Waals surface area contributed by atoms with Crippen molar-refractivity contribution in [2.24, 2.45) is 0 Å². The summed E-state index contributed by atoms with van der Waals surface area (Å²) in [5, 5.41) is 19.6. The summed E-state index contributed by atoms with van der Waals surface area (Å²) >= 11 is 6.66. The third-order valence-electron chi connectivity index (χ3n) is 7.61. The standard InChI is InChI=1S/C37H40ClN5O4/c1-37(2,3)47-36(46)43(24-25-11-13-28(32(38)21-25)26-9-5-4-6-10-26)20-8-7-16-39-18-19-41-34-30-15-17-40-23-31(30)29-14-12-27(35(44)45)22-33(29)42-34/h4-6,9-15,17,21-23,39H,7-8,16,18-20,24H2,1-3H3,(H,41,42)(H,44,45). The number of pyridine rings is 2. The Morgan fingerprint density at radius 2 is 1.72 bits per heavy atom. The van der Waals surface area contributed by atoms with E-state index >= 15 is 0 Å². The minimum atomic E-state index is -0.991. The van der Waals surface area contributed by atoms with Crippen molar-refractivity contribution in [1.29, 1.82) is 0 Å². The van der Waals surface area contributed by atoms with Crippen LogP contribution in [0.1, 0.15) is 49.5 Å². The molecule has 0 atom stereocenters. The second-order valence-corrected chi connectivity index (χ2v) is 12.8. The van der Waals surface area contributed by atoms with Gasteiger partial charge in [0.05, 0.1) is 11.1 Å². The monoisotopic (exact) mass is 653 g/mol. The first-order valence-corrected chi connectivity index (χ1v) is 16.1. The number of benzene rings is 3. The molecule has 2 heterocycles. The summed E-state index contributed by atoms with van der Waals surface area (Å²) < 4.78 is 5.71. The molecule has 244 valence electrons. The molecule has 5 aromatic rings. The van der Waals surface area contributed by atoms with Gasteiger partial charge in [-0.3, -0.25) is 4.98 Å². The zero-order valence-corrected chi connectivity index (χ0v) is 27.7. The van der Waals surface area contributed by atoms with Crippen molar-refractivity contribution in [1.82, 2.24) is 20.2 Å². The lowest BCUT2D eigenvalue weighted by molar-refractivity contribution is 0.0230. The molecule has 2 aromatic heterocycles. The molecule has 0 radical (unpaired) electrons. The number of fused-ring (bicyclic) bond motifs is 3. The Morgan fingerprint density at radius 3 is 2.47 bits per heavy atom. The highest BCUT2D eigenvalue weighted by Gasteiger charge is 2.22. The van der Waals surface area contributed by atoms with Crippen LogP contribution >= 0.6 is 11.6 Å². The zero-order chi connectivity index (χ0) is 33.4. The van der Waals surface area contributed by atoms with Crippen LogP contribution in [0.5, 0.6) is 0 Å². The maximum absolute atomic E-state index is 13.1. The second kappa shape index (κ2) is 15.2. The van der Waals surface area contributed by atoms with E-state index in [1.165, 1.54) is 0 Å². The highest BCUT2D eigenvalue weighted by Crippen LogP contribution is 2.30. The Morgan fingerprint density at radius 1 is 0.915 bits per heavy atom. The molecule has 47 heavy (non-hydrogen) atoms. The lowest BCUT2D eigenvalue weighted by Gasteiger charge is -2.27. The van der Waals surface area contributed by atoms with E-state index in [9.17, 15) is 14.7 Å². The Bertz CT molecular complexity index is 1860. The van der Waals surface area contributed by atoms with Gasteiger partial charge in [0.15, 0.2) is 0 Å². The quantitative estimate of drug-likeness (QED) is 0.0864. The number of nitrogens with zero attached hydrogens (tertiary/aromatic N) is 3. The molecule has 0 aliphatic heterocycles. The summed E-state index contributed by atoms with van der Waals surface area (Å²) in [6, 6.07) is 22.8. The topological polar surface area (TPSA) is 117 Å². The first-order chi connectivity index (χ1) is 22.6. The number of rotatable bonds is 13. The largest absolute Gasteiger partial charge is 0.478 e. The summed E-state index contributed by atoms with van der Waals surface area (Å²) in [4.78, 5) is 35.3. The van der Waals surface area contributed by atoms with Gasteiger partial charge in [-0.1, -0.05) is 60.1 Å². The number of hydrogen-bond acceptors (Lipinski definition) is 7. The van der Waals surface area contributed by atoms with E-state index in [0.717, 1.165) is 52.2 Å². The zero-order valence-electron chi connectivity index (χ0n) is 26.9. The van der Waals surface area contributed by atoms with Gasteiger partial charge in [-0.05, 0) is 75.5 Å². The summed E-state index contributed by atoms with van der Waals surface area (Å²) in [5.74, 6) is -0.307. The summed E-state index contributed by atoms with van der Waals surface area (Å²) in [7, 11) is 0. The number of halogens is 1. The maximum Gasteiger partial charge on any atom is 0.410 e. The van der Waals surface area contributed by atoms with Crippen LogP contribution in [0, 0.1) is 0 Å². The number of anilines is 1. The van der Waals surface area contributed by atoms with E-state index in [4.69, 9.17) is 21.3 Å². The van der Waals surface area contributed by atoms with Gasteiger partial charge >= 0.3 is 12.1 Å². The first-order valence-electron chi connectivity index (χ1n) is 15.8. The number of carbonyl (C=O) groups is 2. The van der Waals surface area contributed by atoms with Gasteiger partial charge in [0.1, 0.15) is 11.4 Å². The molecule has 3 aromatic carbocycles. The van der Waals surface area contributed by atoms with Crippen molar-refractivity contribution >= 4 is 51.2 Å². The van der Waals surface area contributed by atoms with Gasteiger partial charge in [-0.2, -0.15) is 0 Å². The van der Waals surface area contributed by atoms with Crippen molar-refractivity contribution < 1.29 is 19.4 Å². The molecule has 5 rings (SSSR count). The van der Waals surface area contributed by atoms with Gasteiger partial charge in [0.2, 0.25) is 0 Å². The summed E-state index contributed by atoms with van der Waals surface area (Å²) in [5.41, 5.74) is 3.13. The van der Waals surface area contributed by atoms with Crippen LogP contribution in [0.4, 0.5) is 10.6 Å². The molecular formula is C37H40ClN5O4. The van der Waals surface area contributed by atoms with Gasteiger partial charge < -0.3 is 25.4 Å². The Kier molecular flexibility index (Phi) is 10.9. The molecule has 0 aliphatic rings.